The largest absolute Gasteiger partial charge is 0.491 e. The molecule has 1 heterocycles. The zero-order chi connectivity index (χ0) is 22.6. The van der Waals surface area contributed by atoms with E-state index in [4.69, 9.17) is 26.9 Å². The van der Waals surface area contributed by atoms with Crippen LogP contribution in [0.15, 0.2) is 41.5 Å². The van der Waals surface area contributed by atoms with Crippen molar-refractivity contribution in [2.24, 2.45) is 16.4 Å². The van der Waals surface area contributed by atoms with Gasteiger partial charge < -0.3 is 9.64 Å². The van der Waals surface area contributed by atoms with Crippen molar-refractivity contribution in [3.05, 3.63) is 41.4 Å². The van der Waals surface area contributed by atoms with Crippen molar-refractivity contribution in [3.8, 4) is 5.75 Å². The van der Waals surface area contributed by atoms with Gasteiger partial charge in [-0.05, 0) is 61.4 Å². The molecular weight excluding hydrogens is 428 g/mol. The van der Waals surface area contributed by atoms with E-state index in [1.807, 2.05) is 36.4 Å². The minimum atomic E-state index is 0.312. The molecule has 3 rings (SSSR count). The van der Waals surface area contributed by atoms with Crippen molar-refractivity contribution in [1.82, 2.24) is 4.98 Å². The fraction of sp³-hybridized carbons (Fsp3) is 0.458. The van der Waals surface area contributed by atoms with E-state index in [1.54, 1.807) is 11.3 Å². The third-order valence-electron chi connectivity index (χ3n) is 5.09. The highest BCUT2D eigenvalue weighted by atomic mass is 35.5. The molecule has 0 amide bonds. The number of halogens is 1. The van der Waals surface area contributed by atoms with Gasteiger partial charge in [0.2, 0.25) is 0 Å². The summed E-state index contributed by atoms with van der Waals surface area (Å²) in [4.78, 5) is 6.99. The van der Waals surface area contributed by atoms with Crippen molar-refractivity contribution < 1.29 is 4.74 Å². The van der Waals surface area contributed by atoms with Crippen LogP contribution in [0.4, 0.5) is 16.5 Å². The van der Waals surface area contributed by atoms with Crippen LogP contribution in [0.1, 0.15) is 47.5 Å². The number of rotatable bonds is 9. The molecule has 0 bridgehead atoms. The smallest absolute Gasteiger partial charge is 0.190 e. The van der Waals surface area contributed by atoms with Crippen LogP contribution in [-0.2, 0) is 0 Å². The SMILES string of the molecule is CCN(c1ccc(Cl)cc1)c1nc2cc(OCCC(C)CC(C)(C)C)c(N=N)cc2s1. The second-order valence-corrected chi connectivity index (χ2v) is 10.6. The van der Waals surface area contributed by atoms with E-state index in [0.717, 1.165) is 40.4 Å². The molecule has 0 saturated heterocycles. The van der Waals surface area contributed by atoms with Crippen molar-refractivity contribution in [3.63, 3.8) is 0 Å². The van der Waals surface area contributed by atoms with Crippen LogP contribution in [0.2, 0.25) is 5.02 Å². The van der Waals surface area contributed by atoms with Crippen LogP contribution < -0.4 is 9.64 Å². The number of thiazole rings is 1. The van der Waals surface area contributed by atoms with E-state index >= 15 is 0 Å². The molecule has 5 nitrogen and oxygen atoms in total. The maximum Gasteiger partial charge on any atom is 0.190 e. The third-order valence-corrected chi connectivity index (χ3v) is 6.39. The van der Waals surface area contributed by atoms with E-state index in [-0.39, 0.29) is 0 Å². The molecule has 0 aliphatic rings. The summed E-state index contributed by atoms with van der Waals surface area (Å²) >= 11 is 7.62. The molecule has 0 fully saturated rings. The second-order valence-electron chi connectivity index (χ2n) is 9.12. The van der Waals surface area contributed by atoms with Gasteiger partial charge in [-0.2, -0.15) is 5.11 Å². The van der Waals surface area contributed by atoms with E-state index in [9.17, 15) is 0 Å². The fourth-order valence-electron chi connectivity index (χ4n) is 3.82. The van der Waals surface area contributed by atoms with Gasteiger partial charge in [0.25, 0.3) is 0 Å². The van der Waals surface area contributed by atoms with Gasteiger partial charge in [0.05, 0.1) is 16.8 Å². The number of anilines is 2. The summed E-state index contributed by atoms with van der Waals surface area (Å²) < 4.78 is 7.03. The topological polar surface area (TPSA) is 61.6 Å². The number of hydrogen-bond acceptors (Lipinski definition) is 6. The van der Waals surface area contributed by atoms with E-state index < -0.39 is 0 Å². The Hall–Kier alpha value is -2.18. The molecule has 0 spiro atoms. The van der Waals surface area contributed by atoms with Gasteiger partial charge >= 0.3 is 0 Å². The molecule has 2 aromatic carbocycles. The van der Waals surface area contributed by atoms with Crippen LogP contribution in [0.5, 0.6) is 5.75 Å². The zero-order valence-electron chi connectivity index (χ0n) is 18.9. The highest BCUT2D eigenvalue weighted by Crippen LogP contribution is 2.39. The van der Waals surface area contributed by atoms with Crippen LogP contribution in [0.25, 0.3) is 10.2 Å². The molecule has 166 valence electrons. The van der Waals surface area contributed by atoms with Gasteiger partial charge in [0.15, 0.2) is 5.13 Å². The molecular formula is C24H31ClN4OS. The summed E-state index contributed by atoms with van der Waals surface area (Å²) in [6.45, 7) is 12.5. The summed E-state index contributed by atoms with van der Waals surface area (Å²) in [6, 6.07) is 11.6. The summed E-state index contributed by atoms with van der Waals surface area (Å²) in [7, 11) is 0. The minimum absolute atomic E-state index is 0.312. The Kier molecular flexibility index (Phi) is 7.55. The summed E-state index contributed by atoms with van der Waals surface area (Å²) in [6.07, 6.45) is 2.12. The maximum absolute atomic E-state index is 7.59. The van der Waals surface area contributed by atoms with Gasteiger partial charge in [-0.15, -0.1) is 0 Å². The first-order valence-electron chi connectivity index (χ1n) is 10.7. The monoisotopic (exact) mass is 458 g/mol. The number of nitrogens with one attached hydrogen (secondary N) is 1. The molecule has 0 aliphatic heterocycles. The second kappa shape index (κ2) is 9.96. The van der Waals surface area contributed by atoms with E-state index in [1.165, 1.54) is 0 Å². The Labute approximate surface area is 193 Å². The molecule has 0 radical (unpaired) electrons. The molecule has 0 aliphatic carbocycles. The number of nitrogens with zero attached hydrogens (tertiary/aromatic N) is 3. The van der Waals surface area contributed by atoms with E-state index in [0.29, 0.717) is 34.4 Å². The lowest BCUT2D eigenvalue weighted by Crippen LogP contribution is -2.15. The van der Waals surface area contributed by atoms with Gasteiger partial charge in [-0.25, -0.2) is 10.5 Å². The number of benzene rings is 2. The number of aromatic nitrogens is 1. The molecule has 7 heteroatoms. The molecule has 0 saturated carbocycles. The first-order valence-corrected chi connectivity index (χ1v) is 11.9. The van der Waals surface area contributed by atoms with Crippen molar-refractivity contribution in [1.29, 1.82) is 5.53 Å². The van der Waals surface area contributed by atoms with Crippen molar-refractivity contribution in [2.75, 3.05) is 18.1 Å². The molecule has 3 aromatic rings. The third kappa shape index (κ3) is 6.17. The molecule has 1 aromatic heterocycles. The Morgan fingerprint density at radius 2 is 1.94 bits per heavy atom. The lowest BCUT2D eigenvalue weighted by molar-refractivity contribution is 0.241. The Morgan fingerprint density at radius 3 is 2.55 bits per heavy atom. The fourth-order valence-corrected chi connectivity index (χ4v) is 5.01. The molecule has 1 N–H and O–H groups in total. The molecule has 1 unspecified atom stereocenters. The predicted molar refractivity (Wildman–Crippen MR) is 132 cm³/mol. The standard InChI is InChI=1S/C24H31ClN4OS/c1-6-29(18-9-7-17(25)8-10-18)23-27-20-13-21(19(28-26)14-22(20)31-23)30-12-11-16(2)15-24(3,4)5/h7-10,13-14,16,26H,6,11-12,15H2,1-5H3. The first kappa shape index (κ1) is 23.5. The summed E-state index contributed by atoms with van der Waals surface area (Å²) in [5.41, 5.74) is 10.3. The summed E-state index contributed by atoms with van der Waals surface area (Å²) in [5.74, 6) is 1.19. The van der Waals surface area contributed by atoms with Crippen LogP contribution in [0.3, 0.4) is 0 Å². The molecule has 31 heavy (non-hydrogen) atoms. The van der Waals surface area contributed by atoms with Crippen LogP contribution in [-0.4, -0.2) is 18.1 Å². The number of fused-ring (bicyclic) bond motifs is 1. The number of ether oxygens (including phenoxy) is 1. The average Bonchev–Trinajstić information content (AvgIpc) is 3.10. The zero-order valence-corrected chi connectivity index (χ0v) is 20.5. The predicted octanol–water partition coefficient (Wildman–Crippen LogP) is 8.61. The lowest BCUT2D eigenvalue weighted by atomic mass is 9.84. The highest BCUT2D eigenvalue weighted by molar-refractivity contribution is 7.22. The maximum atomic E-state index is 7.59. The average molecular weight is 459 g/mol. The molecule has 1 atom stereocenters. The Morgan fingerprint density at radius 1 is 1.23 bits per heavy atom. The van der Waals surface area contributed by atoms with Crippen molar-refractivity contribution >= 4 is 49.7 Å². The Balaban J connectivity index is 1.80. The first-order chi connectivity index (χ1) is 14.7. The van der Waals surface area contributed by atoms with Gasteiger partial charge in [-0.3, -0.25) is 0 Å². The normalized spacial score (nSPS) is 12.7. The van der Waals surface area contributed by atoms with Gasteiger partial charge in [0, 0.05) is 23.3 Å². The summed E-state index contributed by atoms with van der Waals surface area (Å²) in [5, 5.41) is 5.30. The highest BCUT2D eigenvalue weighted by Gasteiger charge is 2.17. The quantitative estimate of drug-likeness (QED) is 0.326. The van der Waals surface area contributed by atoms with Crippen LogP contribution >= 0.6 is 22.9 Å². The minimum Gasteiger partial charge on any atom is -0.491 e. The van der Waals surface area contributed by atoms with Crippen LogP contribution in [0, 0.1) is 16.9 Å². The lowest BCUT2D eigenvalue weighted by Gasteiger charge is -2.23. The Bertz CT molecular complexity index is 1030. The van der Waals surface area contributed by atoms with Gasteiger partial charge in [0.1, 0.15) is 11.4 Å². The number of hydrogen-bond donors (Lipinski definition) is 1. The van der Waals surface area contributed by atoms with Crippen molar-refractivity contribution in [2.45, 2.75) is 47.5 Å². The van der Waals surface area contributed by atoms with Gasteiger partial charge in [-0.1, -0.05) is 50.6 Å². The van der Waals surface area contributed by atoms with E-state index in [2.05, 4.69) is 44.6 Å².